The van der Waals surface area contributed by atoms with Crippen LogP contribution in [0.3, 0.4) is 0 Å². The van der Waals surface area contributed by atoms with Crippen molar-refractivity contribution in [2.45, 2.75) is 13.5 Å². The molecule has 4 amide bonds. The number of anilines is 2. The maximum atomic E-state index is 13.4. The molecule has 4 N–H and O–H groups in total. The number of amides is 4. The van der Waals surface area contributed by atoms with E-state index >= 15 is 0 Å². The number of nitrogens with zero attached hydrogens (tertiary/aromatic N) is 2. The summed E-state index contributed by atoms with van der Waals surface area (Å²) in [6.07, 6.45) is 0. The van der Waals surface area contributed by atoms with Gasteiger partial charge < -0.3 is 26.0 Å². The predicted molar refractivity (Wildman–Crippen MR) is 178 cm³/mol. The second-order valence-electron chi connectivity index (χ2n) is 10.1. The Kier molecular flexibility index (Phi) is 9.51. The third kappa shape index (κ3) is 7.01. The minimum absolute atomic E-state index is 0.00424. The molecule has 0 aliphatic rings. The average Bonchev–Trinajstić information content (AvgIpc) is 3.03. The molecule has 0 saturated heterocycles. The Balaban J connectivity index is 1.64. The van der Waals surface area contributed by atoms with Crippen molar-refractivity contribution < 1.29 is 19.1 Å². The number of fused-ring (bicyclic) bond motifs is 1. The summed E-state index contributed by atoms with van der Waals surface area (Å²) in [5.41, 5.74) is 9.96. The number of primary amides is 1. The monoisotopic (exact) mass is 641 g/mol. The number of aromatic nitrogens is 1. The number of pyridine rings is 1. The number of halogens is 2. The fraction of sp³-hybridized carbons (Fsp3) is 0.118. The van der Waals surface area contributed by atoms with Gasteiger partial charge in [0.1, 0.15) is 6.61 Å². The third-order valence-corrected chi connectivity index (χ3v) is 7.83. The van der Waals surface area contributed by atoms with E-state index in [4.69, 9.17) is 38.7 Å². The highest BCUT2D eigenvalue weighted by Gasteiger charge is 2.25. The number of hydrogen-bond donors (Lipinski definition) is 3. The van der Waals surface area contributed by atoms with E-state index in [1.807, 2.05) is 42.5 Å². The fourth-order valence-electron chi connectivity index (χ4n) is 4.91. The number of ether oxygens (including phenoxy) is 1. The van der Waals surface area contributed by atoms with E-state index < -0.39 is 11.9 Å². The van der Waals surface area contributed by atoms with Crippen molar-refractivity contribution in [3.63, 3.8) is 0 Å². The van der Waals surface area contributed by atoms with Crippen LogP contribution in [0.25, 0.3) is 22.0 Å². The number of nitrogens with two attached hydrogens (primary N) is 1. The van der Waals surface area contributed by atoms with Crippen LogP contribution in [0.15, 0.2) is 91.0 Å². The summed E-state index contributed by atoms with van der Waals surface area (Å²) < 4.78 is 6.34. The van der Waals surface area contributed by atoms with Crippen LogP contribution >= 0.6 is 23.2 Å². The molecule has 1 heterocycles. The predicted octanol–water partition coefficient (Wildman–Crippen LogP) is 6.98. The van der Waals surface area contributed by atoms with Gasteiger partial charge in [-0.3, -0.25) is 9.59 Å². The van der Waals surface area contributed by atoms with Gasteiger partial charge in [0.25, 0.3) is 5.91 Å². The zero-order chi connectivity index (χ0) is 32.1. The molecule has 4 aromatic carbocycles. The summed E-state index contributed by atoms with van der Waals surface area (Å²) in [5.74, 6) is -0.362. The van der Waals surface area contributed by atoms with Gasteiger partial charge in [-0.05, 0) is 60.5 Å². The zero-order valence-corrected chi connectivity index (χ0v) is 25.9. The summed E-state index contributed by atoms with van der Waals surface area (Å²) in [6, 6.07) is 26.2. The molecule has 0 bridgehead atoms. The molecular weight excluding hydrogens is 613 g/mol. The molecule has 0 aliphatic carbocycles. The molecule has 0 unspecified atom stereocenters. The lowest BCUT2D eigenvalue weighted by molar-refractivity contribution is -0.117. The molecule has 45 heavy (non-hydrogen) atoms. The smallest absolute Gasteiger partial charge is 0.312 e. The van der Waals surface area contributed by atoms with Gasteiger partial charge in [0, 0.05) is 39.3 Å². The van der Waals surface area contributed by atoms with Crippen LogP contribution in [0.1, 0.15) is 21.6 Å². The van der Waals surface area contributed by atoms with E-state index in [-0.39, 0.29) is 19.1 Å². The van der Waals surface area contributed by atoms with Crippen LogP contribution in [0, 0.1) is 6.92 Å². The Morgan fingerprint density at radius 1 is 0.911 bits per heavy atom. The van der Waals surface area contributed by atoms with E-state index in [1.54, 1.807) is 62.5 Å². The Morgan fingerprint density at radius 2 is 1.60 bits per heavy atom. The Labute approximate surface area is 269 Å². The average molecular weight is 643 g/mol. The lowest BCUT2D eigenvalue weighted by Gasteiger charge is -2.25. The molecule has 0 aliphatic heterocycles. The fourth-order valence-corrected chi connectivity index (χ4v) is 5.42. The van der Waals surface area contributed by atoms with Crippen molar-refractivity contribution in [1.29, 1.82) is 0 Å². The number of nitrogens with one attached hydrogen (secondary N) is 2. The van der Waals surface area contributed by atoms with Gasteiger partial charge in [-0.1, -0.05) is 71.7 Å². The highest BCUT2D eigenvalue weighted by Crippen LogP contribution is 2.43. The molecular formula is C34H29Cl2N5O4. The Hall–Kier alpha value is -5.12. The third-order valence-electron chi connectivity index (χ3n) is 7.12. The van der Waals surface area contributed by atoms with Crippen LogP contribution in [-0.4, -0.2) is 36.4 Å². The normalized spacial score (nSPS) is 10.8. The molecule has 11 heteroatoms. The number of carbonyl (C=O) groups excluding carboxylic acids is 3. The van der Waals surface area contributed by atoms with E-state index in [0.29, 0.717) is 54.9 Å². The van der Waals surface area contributed by atoms with E-state index in [1.165, 1.54) is 4.90 Å². The van der Waals surface area contributed by atoms with Crippen molar-refractivity contribution in [3.05, 3.63) is 118 Å². The summed E-state index contributed by atoms with van der Waals surface area (Å²) in [6.45, 7) is 1.44. The molecule has 1 aromatic heterocycles. The second kappa shape index (κ2) is 13.7. The minimum Gasteiger partial charge on any atom is -0.485 e. The summed E-state index contributed by atoms with van der Waals surface area (Å²) in [5, 5.41) is 6.78. The number of rotatable bonds is 9. The standard InChI is InChI=1S/C34H29Cl2N5O4/c1-20-32(45-19-25-26(35)14-8-15-27(25)36)31(41(2)29(42)18-38-34(37)44)30-24(13-7-16-28(30)39-20)22-11-6-12-23(17-22)40-33(43)21-9-4-3-5-10-21/h3-17H,18-19H2,1-2H3,(H,40,43)(H3,37,38,44). The summed E-state index contributed by atoms with van der Waals surface area (Å²) in [7, 11) is 1.59. The highest BCUT2D eigenvalue weighted by molar-refractivity contribution is 6.36. The number of benzene rings is 4. The van der Waals surface area contributed by atoms with Gasteiger partial charge in [-0.15, -0.1) is 0 Å². The summed E-state index contributed by atoms with van der Waals surface area (Å²) in [4.78, 5) is 43.9. The van der Waals surface area contributed by atoms with Crippen molar-refractivity contribution >= 4 is 63.3 Å². The van der Waals surface area contributed by atoms with Gasteiger partial charge in [-0.25, -0.2) is 9.78 Å². The van der Waals surface area contributed by atoms with Crippen LogP contribution in [0.2, 0.25) is 10.0 Å². The Bertz CT molecular complexity index is 1900. The first kappa shape index (κ1) is 31.3. The van der Waals surface area contributed by atoms with Gasteiger partial charge >= 0.3 is 6.03 Å². The molecule has 0 saturated carbocycles. The van der Waals surface area contributed by atoms with Gasteiger partial charge in [0.15, 0.2) is 5.75 Å². The van der Waals surface area contributed by atoms with Gasteiger partial charge in [0.2, 0.25) is 5.91 Å². The molecule has 228 valence electrons. The van der Waals surface area contributed by atoms with Gasteiger partial charge in [-0.2, -0.15) is 0 Å². The summed E-state index contributed by atoms with van der Waals surface area (Å²) >= 11 is 12.8. The van der Waals surface area contributed by atoms with Crippen molar-refractivity contribution in [1.82, 2.24) is 10.3 Å². The van der Waals surface area contributed by atoms with E-state index in [2.05, 4.69) is 10.6 Å². The number of aryl methyl sites for hydroxylation is 1. The number of likely N-dealkylation sites (N-methyl/N-ethyl adjacent to an activating group) is 1. The van der Waals surface area contributed by atoms with Crippen LogP contribution in [0.4, 0.5) is 16.2 Å². The van der Waals surface area contributed by atoms with E-state index in [9.17, 15) is 14.4 Å². The van der Waals surface area contributed by atoms with Crippen molar-refractivity contribution in [2.75, 3.05) is 23.8 Å². The van der Waals surface area contributed by atoms with Crippen LogP contribution in [-0.2, 0) is 11.4 Å². The molecule has 9 nitrogen and oxygen atoms in total. The highest BCUT2D eigenvalue weighted by atomic mass is 35.5. The largest absolute Gasteiger partial charge is 0.485 e. The van der Waals surface area contributed by atoms with Crippen molar-refractivity contribution in [3.8, 4) is 16.9 Å². The first-order valence-electron chi connectivity index (χ1n) is 13.9. The molecule has 5 aromatic rings. The second-order valence-corrected chi connectivity index (χ2v) is 10.9. The van der Waals surface area contributed by atoms with Crippen LogP contribution < -0.4 is 26.0 Å². The van der Waals surface area contributed by atoms with E-state index in [0.717, 1.165) is 11.1 Å². The number of urea groups is 1. The SMILES string of the molecule is Cc1nc2cccc(-c3cccc(NC(=O)c4ccccc4)c3)c2c(N(C)C(=O)CNC(N)=O)c1OCc1c(Cl)cccc1Cl. The molecule has 0 spiro atoms. The number of carbonyl (C=O) groups is 3. The Morgan fingerprint density at radius 3 is 2.31 bits per heavy atom. The van der Waals surface area contributed by atoms with Crippen molar-refractivity contribution in [2.24, 2.45) is 5.73 Å². The molecule has 5 rings (SSSR count). The van der Waals surface area contributed by atoms with Gasteiger partial charge in [0.05, 0.1) is 23.4 Å². The maximum Gasteiger partial charge on any atom is 0.312 e. The maximum absolute atomic E-state index is 13.4. The lowest BCUT2D eigenvalue weighted by atomic mass is 9.97. The first-order chi connectivity index (χ1) is 21.6. The zero-order valence-electron chi connectivity index (χ0n) is 24.4. The lowest BCUT2D eigenvalue weighted by Crippen LogP contribution is -2.40. The molecule has 0 atom stereocenters. The first-order valence-corrected chi connectivity index (χ1v) is 14.7. The quantitative estimate of drug-likeness (QED) is 0.160. The molecule has 0 fully saturated rings. The molecule has 0 radical (unpaired) electrons. The number of hydrogen-bond acceptors (Lipinski definition) is 5. The topological polar surface area (TPSA) is 127 Å². The van der Waals surface area contributed by atoms with Crippen LogP contribution in [0.5, 0.6) is 5.75 Å². The minimum atomic E-state index is -0.826.